The first-order valence-corrected chi connectivity index (χ1v) is 7.55. The molecule has 0 radical (unpaired) electrons. The second-order valence-electron chi connectivity index (χ2n) is 5.39. The summed E-state index contributed by atoms with van der Waals surface area (Å²) in [7, 11) is 1.70. The van der Waals surface area contributed by atoms with E-state index >= 15 is 0 Å². The molecule has 1 aromatic rings. The zero-order valence-corrected chi connectivity index (χ0v) is 12.8. The molecule has 2 nitrogen and oxygen atoms in total. The van der Waals surface area contributed by atoms with Gasteiger partial charge in [-0.2, -0.15) is 0 Å². The number of nitrogens with one attached hydrogen (secondary N) is 1. The molecular formula is C15H22BrNO. The van der Waals surface area contributed by atoms with Gasteiger partial charge < -0.3 is 10.1 Å². The van der Waals surface area contributed by atoms with E-state index < -0.39 is 0 Å². The Kier molecular flexibility index (Phi) is 4.93. The zero-order chi connectivity index (χ0) is 13.0. The molecule has 0 spiro atoms. The van der Waals surface area contributed by atoms with Crippen molar-refractivity contribution in [2.45, 2.75) is 32.6 Å². The molecule has 1 aliphatic rings. The van der Waals surface area contributed by atoms with E-state index in [1.54, 1.807) is 7.11 Å². The highest BCUT2D eigenvalue weighted by Gasteiger charge is 2.17. The largest absolute Gasteiger partial charge is 0.497 e. The fraction of sp³-hybridized carbons (Fsp3) is 0.600. The third-order valence-electron chi connectivity index (χ3n) is 3.84. The lowest BCUT2D eigenvalue weighted by Crippen LogP contribution is -2.20. The molecule has 1 aromatic carbocycles. The first-order valence-electron chi connectivity index (χ1n) is 6.76. The van der Waals surface area contributed by atoms with Crippen molar-refractivity contribution in [2.24, 2.45) is 11.8 Å². The molecule has 0 saturated heterocycles. The minimum atomic E-state index is 0.825. The zero-order valence-electron chi connectivity index (χ0n) is 11.2. The number of rotatable bonds is 4. The third kappa shape index (κ3) is 3.91. The average Bonchev–Trinajstić information content (AvgIpc) is 2.37. The van der Waals surface area contributed by atoms with Gasteiger partial charge in [-0.05, 0) is 36.8 Å². The van der Waals surface area contributed by atoms with Gasteiger partial charge in [-0.3, -0.25) is 0 Å². The fourth-order valence-electron chi connectivity index (χ4n) is 2.58. The molecule has 1 N–H and O–H groups in total. The van der Waals surface area contributed by atoms with E-state index in [4.69, 9.17) is 4.74 Å². The molecule has 1 aliphatic carbocycles. The number of hydrogen-bond acceptors (Lipinski definition) is 2. The summed E-state index contributed by atoms with van der Waals surface area (Å²) in [5.41, 5.74) is 1.14. The lowest BCUT2D eigenvalue weighted by molar-refractivity contribution is 0.300. The van der Waals surface area contributed by atoms with Crippen LogP contribution in [0, 0.1) is 11.8 Å². The molecule has 0 unspecified atom stereocenters. The maximum Gasteiger partial charge on any atom is 0.122 e. The van der Waals surface area contributed by atoms with Crippen LogP contribution < -0.4 is 10.1 Å². The van der Waals surface area contributed by atoms with Gasteiger partial charge in [-0.15, -0.1) is 0 Å². The Bertz CT molecular complexity index is 386. The number of halogens is 1. The summed E-state index contributed by atoms with van der Waals surface area (Å²) < 4.78 is 6.33. The van der Waals surface area contributed by atoms with Gasteiger partial charge in [0.2, 0.25) is 0 Å². The fourth-order valence-corrected chi connectivity index (χ4v) is 3.05. The number of anilines is 1. The van der Waals surface area contributed by atoms with E-state index in [9.17, 15) is 0 Å². The van der Waals surface area contributed by atoms with Crippen molar-refractivity contribution >= 4 is 21.6 Å². The van der Waals surface area contributed by atoms with Crippen LogP contribution in [-0.4, -0.2) is 13.7 Å². The Morgan fingerprint density at radius 2 is 1.94 bits per heavy atom. The van der Waals surface area contributed by atoms with Gasteiger partial charge in [0, 0.05) is 22.8 Å². The molecular weight excluding hydrogens is 290 g/mol. The summed E-state index contributed by atoms with van der Waals surface area (Å²) in [5.74, 6) is 2.64. The van der Waals surface area contributed by atoms with Crippen molar-refractivity contribution < 1.29 is 4.74 Å². The number of benzene rings is 1. The van der Waals surface area contributed by atoms with Gasteiger partial charge in [0.15, 0.2) is 0 Å². The van der Waals surface area contributed by atoms with Crippen LogP contribution in [0.2, 0.25) is 0 Å². The molecule has 0 aromatic heterocycles. The van der Waals surface area contributed by atoms with E-state index in [1.165, 1.54) is 25.7 Å². The lowest BCUT2D eigenvalue weighted by Gasteiger charge is -2.26. The monoisotopic (exact) mass is 311 g/mol. The normalized spacial score (nSPS) is 23.7. The van der Waals surface area contributed by atoms with Crippen molar-refractivity contribution in [3.63, 3.8) is 0 Å². The molecule has 100 valence electrons. The van der Waals surface area contributed by atoms with Crippen LogP contribution in [0.15, 0.2) is 22.7 Å². The number of methoxy groups -OCH3 is 1. The van der Waals surface area contributed by atoms with Crippen LogP contribution in [0.1, 0.15) is 32.6 Å². The number of hydrogen-bond donors (Lipinski definition) is 1. The van der Waals surface area contributed by atoms with Crippen LogP contribution in [0.5, 0.6) is 5.75 Å². The summed E-state index contributed by atoms with van der Waals surface area (Å²) >= 11 is 3.51. The lowest BCUT2D eigenvalue weighted by atomic mass is 9.83. The molecule has 0 amide bonds. The predicted octanol–water partition coefficient (Wildman–Crippen LogP) is 4.70. The van der Waals surface area contributed by atoms with Gasteiger partial charge in [-0.1, -0.05) is 35.7 Å². The van der Waals surface area contributed by atoms with Gasteiger partial charge in [0.05, 0.1) is 7.11 Å². The smallest absolute Gasteiger partial charge is 0.122 e. The molecule has 18 heavy (non-hydrogen) atoms. The summed E-state index contributed by atoms with van der Waals surface area (Å²) in [6.07, 6.45) is 5.49. The third-order valence-corrected chi connectivity index (χ3v) is 4.30. The first-order chi connectivity index (χ1) is 8.67. The highest BCUT2D eigenvalue weighted by molar-refractivity contribution is 9.10. The van der Waals surface area contributed by atoms with Gasteiger partial charge >= 0.3 is 0 Å². The van der Waals surface area contributed by atoms with Crippen molar-refractivity contribution in [3.05, 3.63) is 22.7 Å². The molecule has 1 fully saturated rings. The highest BCUT2D eigenvalue weighted by atomic mass is 79.9. The standard InChI is InChI=1S/C15H22BrNO/c1-11-3-5-12(6-4-11)10-17-14-7-13(16)8-15(9-14)18-2/h7-9,11-12,17H,3-6,10H2,1-2H3. The van der Waals surface area contributed by atoms with Crippen molar-refractivity contribution in [1.29, 1.82) is 0 Å². The summed E-state index contributed by atoms with van der Waals surface area (Å²) in [5, 5.41) is 3.53. The Morgan fingerprint density at radius 3 is 2.61 bits per heavy atom. The van der Waals surface area contributed by atoms with Crippen molar-refractivity contribution in [2.75, 3.05) is 19.0 Å². The van der Waals surface area contributed by atoms with Gasteiger partial charge in [0.1, 0.15) is 5.75 Å². The van der Waals surface area contributed by atoms with E-state index in [2.05, 4.69) is 40.3 Å². The molecule has 0 aliphatic heterocycles. The summed E-state index contributed by atoms with van der Waals surface area (Å²) in [4.78, 5) is 0. The van der Waals surface area contributed by atoms with E-state index in [-0.39, 0.29) is 0 Å². The van der Waals surface area contributed by atoms with Crippen LogP contribution >= 0.6 is 15.9 Å². The topological polar surface area (TPSA) is 21.3 Å². The van der Waals surface area contributed by atoms with E-state index in [0.29, 0.717) is 0 Å². The van der Waals surface area contributed by atoms with E-state index in [1.807, 2.05) is 6.07 Å². The van der Waals surface area contributed by atoms with Crippen LogP contribution in [0.3, 0.4) is 0 Å². The number of ether oxygens (including phenoxy) is 1. The van der Waals surface area contributed by atoms with Crippen LogP contribution in [0.25, 0.3) is 0 Å². The molecule has 0 atom stereocenters. The van der Waals surface area contributed by atoms with Gasteiger partial charge in [-0.25, -0.2) is 0 Å². The molecule has 0 heterocycles. The highest BCUT2D eigenvalue weighted by Crippen LogP contribution is 2.29. The molecule has 3 heteroatoms. The van der Waals surface area contributed by atoms with Crippen LogP contribution in [0.4, 0.5) is 5.69 Å². The SMILES string of the molecule is COc1cc(Br)cc(NCC2CCC(C)CC2)c1. The second-order valence-corrected chi connectivity index (χ2v) is 6.30. The molecule has 0 bridgehead atoms. The minimum Gasteiger partial charge on any atom is -0.497 e. The molecule has 2 rings (SSSR count). The maximum atomic E-state index is 5.27. The minimum absolute atomic E-state index is 0.825. The Hall–Kier alpha value is -0.700. The first kappa shape index (κ1) is 13.7. The summed E-state index contributed by atoms with van der Waals surface area (Å²) in [6.45, 7) is 3.44. The van der Waals surface area contributed by atoms with Crippen LogP contribution in [-0.2, 0) is 0 Å². The molecule has 1 saturated carbocycles. The van der Waals surface area contributed by atoms with Crippen molar-refractivity contribution in [3.8, 4) is 5.75 Å². The Morgan fingerprint density at radius 1 is 1.22 bits per heavy atom. The second kappa shape index (κ2) is 6.46. The summed E-state index contributed by atoms with van der Waals surface area (Å²) in [6, 6.07) is 6.14. The average molecular weight is 312 g/mol. The van der Waals surface area contributed by atoms with Gasteiger partial charge in [0.25, 0.3) is 0 Å². The van der Waals surface area contributed by atoms with E-state index in [0.717, 1.165) is 34.3 Å². The Balaban J connectivity index is 1.88. The maximum absolute atomic E-state index is 5.27. The Labute approximate surface area is 118 Å². The predicted molar refractivity (Wildman–Crippen MR) is 80.3 cm³/mol. The quantitative estimate of drug-likeness (QED) is 0.870. The van der Waals surface area contributed by atoms with Crippen molar-refractivity contribution in [1.82, 2.24) is 0 Å².